The van der Waals surface area contributed by atoms with Crippen LogP contribution < -0.4 is 4.90 Å². The molecular formula is C22H24N4O2S2. The Morgan fingerprint density at radius 1 is 0.967 bits per heavy atom. The van der Waals surface area contributed by atoms with Gasteiger partial charge in [0.25, 0.3) is 0 Å². The predicted molar refractivity (Wildman–Crippen MR) is 125 cm³/mol. The fourth-order valence-electron chi connectivity index (χ4n) is 2.96. The number of nitrogens with zero attached hydrogens (tertiary/aromatic N) is 4. The molecule has 3 rings (SSSR count). The zero-order chi connectivity index (χ0) is 21.3. The van der Waals surface area contributed by atoms with Crippen LogP contribution in [0.15, 0.2) is 61.1 Å². The summed E-state index contributed by atoms with van der Waals surface area (Å²) in [7, 11) is 0. The number of hydrogen-bond acceptors (Lipinski definition) is 6. The SMILES string of the molecule is CSCCC(=O)N(C(=O)CCSC)c1cn(-c2cccnc2)nc1-c1ccccc1. The minimum Gasteiger partial charge on any atom is -0.274 e. The maximum atomic E-state index is 13.1. The lowest BCUT2D eigenvalue weighted by atomic mass is 10.1. The minimum absolute atomic E-state index is 0.210. The molecule has 0 atom stereocenters. The van der Waals surface area contributed by atoms with E-state index in [0.29, 0.717) is 35.7 Å². The molecule has 0 bridgehead atoms. The van der Waals surface area contributed by atoms with Crippen LogP contribution in [0.5, 0.6) is 0 Å². The van der Waals surface area contributed by atoms with Crippen molar-refractivity contribution in [1.82, 2.24) is 14.8 Å². The van der Waals surface area contributed by atoms with Gasteiger partial charge in [-0.15, -0.1) is 0 Å². The summed E-state index contributed by atoms with van der Waals surface area (Å²) in [6.45, 7) is 0. The number of benzene rings is 1. The predicted octanol–water partition coefficient (Wildman–Crippen LogP) is 4.30. The summed E-state index contributed by atoms with van der Waals surface area (Å²) in [6, 6.07) is 13.3. The van der Waals surface area contributed by atoms with Gasteiger partial charge in [-0.2, -0.15) is 28.6 Å². The highest BCUT2D eigenvalue weighted by atomic mass is 32.2. The fourth-order valence-corrected chi connectivity index (χ4v) is 3.72. The van der Waals surface area contributed by atoms with Crippen LogP contribution in [0.2, 0.25) is 0 Å². The highest BCUT2D eigenvalue weighted by Gasteiger charge is 2.28. The fraction of sp³-hybridized carbons (Fsp3) is 0.273. The largest absolute Gasteiger partial charge is 0.274 e. The van der Waals surface area contributed by atoms with Crippen LogP contribution in [-0.4, -0.2) is 50.6 Å². The Kier molecular flexibility index (Phi) is 8.10. The van der Waals surface area contributed by atoms with Crippen LogP contribution in [-0.2, 0) is 9.59 Å². The molecular weight excluding hydrogens is 416 g/mol. The number of anilines is 1. The first-order valence-electron chi connectivity index (χ1n) is 9.55. The van der Waals surface area contributed by atoms with Gasteiger partial charge < -0.3 is 0 Å². The van der Waals surface area contributed by atoms with E-state index in [1.165, 1.54) is 4.90 Å². The quantitative estimate of drug-likeness (QED) is 0.494. The molecule has 1 aromatic carbocycles. The Morgan fingerprint density at radius 3 is 2.20 bits per heavy atom. The van der Waals surface area contributed by atoms with Crippen molar-refractivity contribution in [1.29, 1.82) is 0 Å². The van der Waals surface area contributed by atoms with Crippen LogP contribution in [0.3, 0.4) is 0 Å². The van der Waals surface area contributed by atoms with Crippen molar-refractivity contribution in [2.24, 2.45) is 0 Å². The van der Waals surface area contributed by atoms with Gasteiger partial charge in [0.2, 0.25) is 11.8 Å². The molecule has 2 amide bonds. The molecule has 0 fully saturated rings. The van der Waals surface area contributed by atoms with Crippen molar-refractivity contribution in [3.8, 4) is 16.9 Å². The molecule has 0 aliphatic carbocycles. The summed E-state index contributed by atoms with van der Waals surface area (Å²) in [5.74, 6) is 0.891. The van der Waals surface area contributed by atoms with E-state index in [1.807, 2.05) is 55.0 Å². The van der Waals surface area contributed by atoms with Gasteiger partial charge in [-0.1, -0.05) is 30.3 Å². The van der Waals surface area contributed by atoms with Gasteiger partial charge in [0.05, 0.1) is 23.8 Å². The van der Waals surface area contributed by atoms with Gasteiger partial charge in [0, 0.05) is 36.1 Å². The second-order valence-corrected chi connectivity index (χ2v) is 8.46. The third-order valence-electron chi connectivity index (χ3n) is 4.43. The van der Waals surface area contributed by atoms with E-state index in [4.69, 9.17) is 5.10 Å². The molecule has 30 heavy (non-hydrogen) atoms. The van der Waals surface area contributed by atoms with Crippen LogP contribution in [0.25, 0.3) is 16.9 Å². The number of carbonyl (C=O) groups is 2. The van der Waals surface area contributed by atoms with Crippen LogP contribution in [0, 0.1) is 0 Å². The second-order valence-electron chi connectivity index (χ2n) is 6.49. The number of thioether (sulfide) groups is 2. The molecule has 8 heteroatoms. The first kappa shape index (κ1) is 22.1. The smallest absolute Gasteiger partial charge is 0.234 e. The molecule has 0 spiro atoms. The summed E-state index contributed by atoms with van der Waals surface area (Å²) in [4.78, 5) is 31.6. The molecule has 6 nitrogen and oxygen atoms in total. The standard InChI is InChI=1S/C22H24N4O2S2/c1-29-13-10-20(27)26(21(28)11-14-30-2)19-16-25(18-9-6-12-23-15-18)24-22(19)17-7-4-3-5-8-17/h3-9,12,15-16H,10-11,13-14H2,1-2H3. The number of amides is 2. The third kappa shape index (κ3) is 5.31. The molecule has 0 saturated heterocycles. The molecule has 3 aromatic rings. The number of rotatable bonds is 9. The van der Waals surface area contributed by atoms with E-state index < -0.39 is 0 Å². The van der Waals surface area contributed by atoms with Gasteiger partial charge in [-0.05, 0) is 24.6 Å². The molecule has 2 aromatic heterocycles. The van der Waals surface area contributed by atoms with Crippen molar-refractivity contribution in [2.75, 3.05) is 28.9 Å². The number of pyridine rings is 1. The van der Waals surface area contributed by atoms with Gasteiger partial charge in [0.15, 0.2) is 0 Å². The molecule has 156 valence electrons. The van der Waals surface area contributed by atoms with Crippen molar-refractivity contribution < 1.29 is 9.59 Å². The van der Waals surface area contributed by atoms with Gasteiger partial charge >= 0.3 is 0 Å². The third-order valence-corrected chi connectivity index (χ3v) is 5.66. The maximum absolute atomic E-state index is 13.1. The normalized spacial score (nSPS) is 10.7. The lowest BCUT2D eigenvalue weighted by Crippen LogP contribution is -2.37. The first-order chi connectivity index (χ1) is 14.7. The van der Waals surface area contributed by atoms with Crippen LogP contribution in [0.4, 0.5) is 5.69 Å². The van der Waals surface area contributed by atoms with Gasteiger partial charge in [-0.3, -0.25) is 14.6 Å². The highest BCUT2D eigenvalue weighted by molar-refractivity contribution is 7.98. The van der Waals surface area contributed by atoms with Gasteiger partial charge in [0.1, 0.15) is 5.69 Å². The number of aromatic nitrogens is 3. The highest BCUT2D eigenvalue weighted by Crippen LogP contribution is 2.32. The number of carbonyl (C=O) groups excluding carboxylic acids is 2. The Labute approximate surface area is 185 Å². The molecule has 0 radical (unpaired) electrons. The monoisotopic (exact) mass is 440 g/mol. The second kappa shape index (κ2) is 11.0. The van der Waals surface area contributed by atoms with Crippen molar-refractivity contribution in [2.45, 2.75) is 12.8 Å². The lowest BCUT2D eigenvalue weighted by Gasteiger charge is -2.20. The van der Waals surface area contributed by atoms with E-state index in [2.05, 4.69) is 4.98 Å². The molecule has 2 heterocycles. The Bertz CT molecular complexity index is 957. The summed E-state index contributed by atoms with van der Waals surface area (Å²) in [6.07, 6.45) is 9.60. The molecule has 0 aliphatic rings. The first-order valence-corrected chi connectivity index (χ1v) is 12.3. The van der Waals surface area contributed by atoms with Crippen molar-refractivity contribution in [3.05, 3.63) is 61.1 Å². The Hall–Kier alpha value is -2.58. The van der Waals surface area contributed by atoms with Crippen LogP contribution >= 0.6 is 23.5 Å². The zero-order valence-corrected chi connectivity index (χ0v) is 18.7. The average Bonchev–Trinajstić information content (AvgIpc) is 3.22. The van der Waals surface area contributed by atoms with E-state index in [1.54, 1.807) is 46.8 Å². The lowest BCUT2D eigenvalue weighted by molar-refractivity contribution is -0.126. The molecule has 0 saturated carbocycles. The summed E-state index contributed by atoms with van der Waals surface area (Å²) in [5, 5.41) is 4.72. The Morgan fingerprint density at radius 2 is 1.63 bits per heavy atom. The van der Waals surface area contributed by atoms with Gasteiger partial charge in [-0.25, -0.2) is 9.58 Å². The number of imide groups is 1. The van der Waals surface area contributed by atoms with E-state index in [-0.39, 0.29) is 11.8 Å². The zero-order valence-electron chi connectivity index (χ0n) is 17.0. The number of hydrogen-bond donors (Lipinski definition) is 0. The summed E-state index contributed by atoms with van der Waals surface area (Å²) >= 11 is 3.17. The van der Waals surface area contributed by atoms with Crippen molar-refractivity contribution in [3.63, 3.8) is 0 Å². The maximum Gasteiger partial charge on any atom is 0.234 e. The molecule has 0 N–H and O–H groups in total. The minimum atomic E-state index is -0.210. The molecule has 0 unspecified atom stereocenters. The average molecular weight is 441 g/mol. The topological polar surface area (TPSA) is 68.1 Å². The van der Waals surface area contributed by atoms with E-state index in [9.17, 15) is 9.59 Å². The van der Waals surface area contributed by atoms with Crippen molar-refractivity contribution >= 4 is 41.0 Å². The molecule has 0 aliphatic heterocycles. The summed E-state index contributed by atoms with van der Waals surface area (Å²) in [5.41, 5.74) is 2.70. The van der Waals surface area contributed by atoms with E-state index in [0.717, 1.165) is 11.3 Å². The Balaban J connectivity index is 2.11. The summed E-state index contributed by atoms with van der Waals surface area (Å²) < 4.78 is 1.67. The van der Waals surface area contributed by atoms with E-state index >= 15 is 0 Å². The van der Waals surface area contributed by atoms with Crippen LogP contribution in [0.1, 0.15) is 12.8 Å².